The van der Waals surface area contributed by atoms with Crippen molar-refractivity contribution in [1.82, 2.24) is 14.9 Å². The zero-order valence-electron chi connectivity index (χ0n) is 14.6. The standard InChI is InChI=1S/C20H16ClN3O3/c1-27-18-16-12(8-9-22-18)11-13(23-17(16)21)5-4-10-24-19(25)14-6-2-3-7-15(14)20(24)26/h2-3,6-9,11H,4-5,10H2,1H3. The van der Waals surface area contributed by atoms with Crippen LogP contribution in [0.3, 0.4) is 0 Å². The Morgan fingerprint density at radius 2 is 1.81 bits per heavy atom. The number of aromatic nitrogens is 2. The molecule has 0 spiro atoms. The van der Waals surface area contributed by atoms with Gasteiger partial charge in [-0.15, -0.1) is 0 Å². The van der Waals surface area contributed by atoms with Gasteiger partial charge in [0.1, 0.15) is 5.15 Å². The van der Waals surface area contributed by atoms with Gasteiger partial charge < -0.3 is 4.74 Å². The van der Waals surface area contributed by atoms with Crippen LogP contribution in [0.5, 0.6) is 5.88 Å². The molecule has 2 aromatic heterocycles. The van der Waals surface area contributed by atoms with Gasteiger partial charge in [-0.2, -0.15) is 0 Å². The molecule has 0 saturated carbocycles. The zero-order valence-corrected chi connectivity index (χ0v) is 15.4. The van der Waals surface area contributed by atoms with Crippen LogP contribution in [0.25, 0.3) is 10.8 Å². The molecule has 136 valence electrons. The molecule has 0 atom stereocenters. The van der Waals surface area contributed by atoms with Crippen LogP contribution in [-0.2, 0) is 6.42 Å². The summed E-state index contributed by atoms with van der Waals surface area (Å²) >= 11 is 6.31. The number of hydrogen-bond acceptors (Lipinski definition) is 5. The lowest BCUT2D eigenvalue weighted by Gasteiger charge is -2.13. The number of pyridine rings is 2. The van der Waals surface area contributed by atoms with Crippen LogP contribution in [0.15, 0.2) is 42.6 Å². The molecule has 0 saturated heterocycles. The summed E-state index contributed by atoms with van der Waals surface area (Å²) in [6, 6.07) is 10.7. The zero-order chi connectivity index (χ0) is 19.0. The van der Waals surface area contributed by atoms with E-state index in [4.69, 9.17) is 16.3 Å². The minimum atomic E-state index is -0.240. The molecule has 1 aliphatic rings. The molecular formula is C20H16ClN3O3. The Hall–Kier alpha value is -2.99. The van der Waals surface area contributed by atoms with Gasteiger partial charge in [0, 0.05) is 18.4 Å². The molecular weight excluding hydrogens is 366 g/mol. The number of aryl methyl sites for hydroxylation is 1. The van der Waals surface area contributed by atoms with Crippen LogP contribution in [0.4, 0.5) is 0 Å². The molecule has 2 amide bonds. The molecule has 1 aliphatic heterocycles. The number of ether oxygens (including phenoxy) is 1. The van der Waals surface area contributed by atoms with Gasteiger partial charge in [0.25, 0.3) is 11.8 Å². The molecule has 27 heavy (non-hydrogen) atoms. The van der Waals surface area contributed by atoms with Gasteiger partial charge in [0.2, 0.25) is 5.88 Å². The molecule has 7 heteroatoms. The maximum atomic E-state index is 12.4. The fourth-order valence-electron chi connectivity index (χ4n) is 3.32. The first-order valence-electron chi connectivity index (χ1n) is 8.53. The summed E-state index contributed by atoms with van der Waals surface area (Å²) in [5.74, 6) is -0.0468. The fourth-order valence-corrected chi connectivity index (χ4v) is 3.62. The Morgan fingerprint density at radius 3 is 2.48 bits per heavy atom. The number of benzene rings is 1. The summed E-state index contributed by atoms with van der Waals surface area (Å²) in [6.45, 7) is 0.337. The number of halogens is 1. The largest absolute Gasteiger partial charge is 0.480 e. The van der Waals surface area contributed by atoms with Gasteiger partial charge in [0.05, 0.1) is 23.6 Å². The van der Waals surface area contributed by atoms with Crippen molar-refractivity contribution < 1.29 is 14.3 Å². The molecule has 0 radical (unpaired) electrons. The van der Waals surface area contributed by atoms with Crippen molar-refractivity contribution in [2.24, 2.45) is 0 Å². The van der Waals surface area contributed by atoms with Crippen LogP contribution in [0.2, 0.25) is 5.15 Å². The van der Waals surface area contributed by atoms with E-state index in [1.807, 2.05) is 12.1 Å². The number of methoxy groups -OCH3 is 1. The van der Waals surface area contributed by atoms with E-state index in [0.29, 0.717) is 46.9 Å². The lowest BCUT2D eigenvalue weighted by atomic mass is 10.1. The number of carbonyl (C=O) groups excluding carboxylic acids is 2. The van der Waals surface area contributed by atoms with Gasteiger partial charge in [-0.25, -0.2) is 9.97 Å². The van der Waals surface area contributed by atoms with Crippen molar-refractivity contribution in [2.45, 2.75) is 12.8 Å². The van der Waals surface area contributed by atoms with Crippen molar-refractivity contribution in [1.29, 1.82) is 0 Å². The second-order valence-corrected chi connectivity index (χ2v) is 6.59. The maximum absolute atomic E-state index is 12.4. The number of rotatable bonds is 5. The van der Waals surface area contributed by atoms with E-state index in [9.17, 15) is 9.59 Å². The quantitative estimate of drug-likeness (QED) is 0.499. The molecule has 3 heterocycles. The molecule has 4 rings (SSSR count). The lowest BCUT2D eigenvalue weighted by Crippen LogP contribution is -2.31. The molecule has 6 nitrogen and oxygen atoms in total. The molecule has 0 aliphatic carbocycles. The second-order valence-electron chi connectivity index (χ2n) is 6.23. The van der Waals surface area contributed by atoms with Gasteiger partial charge in [0.15, 0.2) is 0 Å². The third kappa shape index (κ3) is 3.02. The van der Waals surface area contributed by atoms with Crippen LogP contribution >= 0.6 is 11.6 Å². The SMILES string of the molecule is COc1nccc2cc(CCCN3C(=O)c4ccccc4C3=O)nc(Cl)c12. The number of fused-ring (bicyclic) bond motifs is 2. The minimum absolute atomic E-state index is 0.240. The van der Waals surface area contributed by atoms with E-state index in [0.717, 1.165) is 11.1 Å². The van der Waals surface area contributed by atoms with E-state index in [2.05, 4.69) is 9.97 Å². The molecule has 0 unspecified atom stereocenters. The third-order valence-corrected chi connectivity index (χ3v) is 4.88. The van der Waals surface area contributed by atoms with Crippen LogP contribution in [0.1, 0.15) is 32.8 Å². The average molecular weight is 382 g/mol. The Balaban J connectivity index is 1.49. The summed E-state index contributed by atoms with van der Waals surface area (Å²) in [5, 5.41) is 1.89. The average Bonchev–Trinajstić information content (AvgIpc) is 2.92. The molecule has 0 N–H and O–H groups in total. The van der Waals surface area contributed by atoms with Crippen molar-refractivity contribution in [3.05, 3.63) is 64.6 Å². The van der Waals surface area contributed by atoms with Gasteiger partial charge >= 0.3 is 0 Å². The second kappa shape index (κ2) is 6.96. The number of carbonyl (C=O) groups is 2. The Labute approximate surface area is 160 Å². The number of amides is 2. The molecule has 3 aromatic rings. The van der Waals surface area contributed by atoms with Gasteiger partial charge in [-0.3, -0.25) is 14.5 Å². The smallest absolute Gasteiger partial charge is 0.261 e. The van der Waals surface area contributed by atoms with Crippen LogP contribution in [-0.4, -0.2) is 40.3 Å². The highest BCUT2D eigenvalue weighted by Gasteiger charge is 2.34. The Morgan fingerprint density at radius 1 is 1.11 bits per heavy atom. The summed E-state index contributed by atoms with van der Waals surface area (Å²) in [5.41, 5.74) is 1.72. The highest BCUT2D eigenvalue weighted by Crippen LogP contribution is 2.30. The predicted molar refractivity (Wildman–Crippen MR) is 101 cm³/mol. The molecule has 0 fully saturated rings. The summed E-state index contributed by atoms with van der Waals surface area (Å²) in [6.07, 6.45) is 2.84. The van der Waals surface area contributed by atoms with Gasteiger partial charge in [-0.05, 0) is 42.5 Å². The van der Waals surface area contributed by atoms with Crippen molar-refractivity contribution in [3.8, 4) is 5.88 Å². The normalized spacial score (nSPS) is 13.3. The molecule has 1 aromatic carbocycles. The highest BCUT2D eigenvalue weighted by atomic mass is 35.5. The highest BCUT2D eigenvalue weighted by molar-refractivity contribution is 6.34. The van der Waals surface area contributed by atoms with Crippen LogP contribution < -0.4 is 4.74 Å². The van der Waals surface area contributed by atoms with Gasteiger partial charge in [-0.1, -0.05) is 23.7 Å². The van der Waals surface area contributed by atoms with E-state index in [1.165, 1.54) is 12.0 Å². The molecule has 0 bridgehead atoms. The Bertz CT molecular complexity index is 1030. The van der Waals surface area contributed by atoms with Crippen molar-refractivity contribution in [2.75, 3.05) is 13.7 Å². The summed E-state index contributed by atoms with van der Waals surface area (Å²) in [4.78, 5) is 34.6. The van der Waals surface area contributed by atoms with Crippen LogP contribution in [0, 0.1) is 0 Å². The number of hydrogen-bond donors (Lipinski definition) is 0. The summed E-state index contributed by atoms with van der Waals surface area (Å²) < 4.78 is 5.23. The maximum Gasteiger partial charge on any atom is 0.261 e. The van der Waals surface area contributed by atoms with E-state index >= 15 is 0 Å². The number of nitrogens with zero attached hydrogens (tertiary/aromatic N) is 3. The summed E-state index contributed by atoms with van der Waals surface area (Å²) in [7, 11) is 1.54. The fraction of sp³-hybridized carbons (Fsp3) is 0.200. The van der Waals surface area contributed by atoms with Crippen molar-refractivity contribution >= 4 is 34.2 Å². The van der Waals surface area contributed by atoms with E-state index in [-0.39, 0.29) is 11.8 Å². The number of imide groups is 1. The van der Waals surface area contributed by atoms with E-state index in [1.54, 1.807) is 30.5 Å². The monoisotopic (exact) mass is 381 g/mol. The topological polar surface area (TPSA) is 72.4 Å². The first-order chi connectivity index (χ1) is 13.1. The third-order valence-electron chi connectivity index (χ3n) is 4.60. The minimum Gasteiger partial charge on any atom is -0.480 e. The van der Waals surface area contributed by atoms with E-state index < -0.39 is 0 Å². The first-order valence-corrected chi connectivity index (χ1v) is 8.91. The first kappa shape index (κ1) is 17.4. The lowest BCUT2D eigenvalue weighted by molar-refractivity contribution is 0.0652. The Kier molecular flexibility index (Phi) is 4.49. The van der Waals surface area contributed by atoms with Crippen molar-refractivity contribution in [3.63, 3.8) is 0 Å². The predicted octanol–water partition coefficient (Wildman–Crippen LogP) is 3.52.